The molecule has 0 saturated carbocycles. The number of aromatic amines is 1. The highest BCUT2D eigenvalue weighted by Crippen LogP contribution is 2.14. The Labute approximate surface area is 103 Å². The minimum absolute atomic E-state index is 0.171. The molecule has 2 aromatic heterocycles. The summed E-state index contributed by atoms with van der Waals surface area (Å²) in [5.41, 5.74) is 1.99. The van der Waals surface area contributed by atoms with Crippen molar-refractivity contribution in [1.29, 1.82) is 0 Å². The van der Waals surface area contributed by atoms with E-state index in [9.17, 15) is 4.79 Å². The highest BCUT2D eigenvalue weighted by Gasteiger charge is 2.18. The van der Waals surface area contributed by atoms with Crippen LogP contribution < -0.4 is 10.1 Å². The van der Waals surface area contributed by atoms with Gasteiger partial charge in [0.15, 0.2) is 0 Å². The molecule has 0 atom stereocenters. The lowest BCUT2D eigenvalue weighted by Crippen LogP contribution is -2.15. The lowest BCUT2D eigenvalue weighted by molar-refractivity contribution is 0.102. The molecule has 2 heterocycles. The second-order valence-corrected chi connectivity index (χ2v) is 3.79. The number of aromatic nitrogens is 5. The number of nitrogens with zero attached hydrogens (tertiary/aromatic N) is 4. The lowest BCUT2D eigenvalue weighted by Gasteiger charge is -2.01. The second kappa shape index (κ2) is 4.47. The summed E-state index contributed by atoms with van der Waals surface area (Å²) >= 11 is 0. The van der Waals surface area contributed by atoms with Gasteiger partial charge in [0.05, 0.1) is 18.4 Å². The van der Waals surface area contributed by atoms with Crippen LogP contribution in [0.4, 0.5) is 5.95 Å². The Bertz CT molecular complexity index is 585. The number of hydrogen-bond donors (Lipinski definition) is 2. The smallest absolute Gasteiger partial charge is 0.336 e. The van der Waals surface area contributed by atoms with Gasteiger partial charge in [0.25, 0.3) is 5.91 Å². The SMILES string of the molecule is COc1n[nH]c(NC(=O)c2c(C)nn(C)c2C)n1. The third-order valence-electron chi connectivity index (χ3n) is 2.62. The third kappa shape index (κ3) is 2.04. The molecule has 0 aliphatic rings. The Morgan fingerprint density at radius 2 is 2.17 bits per heavy atom. The molecule has 0 aliphatic heterocycles. The summed E-state index contributed by atoms with van der Waals surface area (Å²) in [5, 5.41) is 13.1. The van der Waals surface area contributed by atoms with Gasteiger partial charge in [-0.1, -0.05) is 0 Å². The molecule has 0 radical (unpaired) electrons. The number of rotatable bonds is 3. The highest BCUT2D eigenvalue weighted by atomic mass is 16.5. The van der Waals surface area contributed by atoms with Crippen LogP contribution in [0.1, 0.15) is 21.7 Å². The number of H-pyrrole nitrogens is 1. The number of hydrogen-bond acceptors (Lipinski definition) is 5. The molecule has 0 bridgehead atoms. The number of methoxy groups -OCH3 is 1. The maximum atomic E-state index is 12.1. The highest BCUT2D eigenvalue weighted by molar-refractivity contribution is 6.04. The molecule has 2 aromatic rings. The Balaban J connectivity index is 2.21. The van der Waals surface area contributed by atoms with E-state index in [1.165, 1.54) is 7.11 Å². The zero-order valence-electron chi connectivity index (χ0n) is 10.6. The summed E-state index contributed by atoms with van der Waals surface area (Å²) in [6, 6.07) is 0.171. The van der Waals surface area contributed by atoms with E-state index in [1.807, 2.05) is 6.92 Å². The quantitative estimate of drug-likeness (QED) is 0.822. The van der Waals surface area contributed by atoms with Crippen molar-refractivity contribution in [1.82, 2.24) is 25.0 Å². The summed E-state index contributed by atoms with van der Waals surface area (Å²) in [5.74, 6) is -0.0450. The van der Waals surface area contributed by atoms with E-state index in [-0.39, 0.29) is 17.9 Å². The van der Waals surface area contributed by atoms with Crippen LogP contribution in [0, 0.1) is 13.8 Å². The molecule has 0 unspecified atom stereocenters. The van der Waals surface area contributed by atoms with Crippen LogP contribution in [-0.2, 0) is 7.05 Å². The third-order valence-corrected chi connectivity index (χ3v) is 2.62. The molecule has 0 saturated heterocycles. The molecule has 0 aromatic carbocycles. The Morgan fingerprint density at radius 1 is 1.44 bits per heavy atom. The fourth-order valence-electron chi connectivity index (χ4n) is 1.67. The number of amides is 1. The van der Waals surface area contributed by atoms with E-state index in [2.05, 4.69) is 25.6 Å². The van der Waals surface area contributed by atoms with Gasteiger partial charge < -0.3 is 4.74 Å². The van der Waals surface area contributed by atoms with Crippen molar-refractivity contribution in [3.63, 3.8) is 0 Å². The van der Waals surface area contributed by atoms with Gasteiger partial charge in [-0.25, -0.2) is 5.10 Å². The minimum Gasteiger partial charge on any atom is -0.466 e. The van der Waals surface area contributed by atoms with Gasteiger partial charge in [0.1, 0.15) is 0 Å². The number of aryl methyl sites for hydroxylation is 2. The monoisotopic (exact) mass is 250 g/mol. The van der Waals surface area contributed by atoms with E-state index in [4.69, 9.17) is 4.74 Å². The first-order valence-electron chi connectivity index (χ1n) is 5.31. The van der Waals surface area contributed by atoms with Crippen LogP contribution in [0.3, 0.4) is 0 Å². The van der Waals surface area contributed by atoms with Crippen molar-refractivity contribution in [2.24, 2.45) is 7.05 Å². The predicted octanol–water partition coefficient (Wildman–Crippen LogP) is 0.416. The normalized spacial score (nSPS) is 10.4. The molecule has 2 rings (SSSR count). The number of ether oxygens (including phenoxy) is 1. The molecular formula is C10H14N6O2. The van der Waals surface area contributed by atoms with Gasteiger partial charge >= 0.3 is 6.01 Å². The number of carbonyl (C=O) groups is 1. The number of nitrogens with one attached hydrogen (secondary N) is 2. The minimum atomic E-state index is -0.281. The van der Waals surface area contributed by atoms with Crippen LogP contribution in [0.5, 0.6) is 6.01 Å². The maximum absolute atomic E-state index is 12.1. The predicted molar refractivity (Wildman–Crippen MR) is 63.6 cm³/mol. The molecule has 2 N–H and O–H groups in total. The van der Waals surface area contributed by atoms with Crippen molar-refractivity contribution in [2.75, 3.05) is 12.4 Å². The summed E-state index contributed by atoms with van der Waals surface area (Å²) < 4.78 is 6.47. The van der Waals surface area contributed by atoms with Gasteiger partial charge in [0.2, 0.25) is 5.95 Å². The molecule has 96 valence electrons. The van der Waals surface area contributed by atoms with E-state index < -0.39 is 0 Å². The number of carbonyl (C=O) groups excluding carboxylic acids is 1. The van der Waals surface area contributed by atoms with Crippen molar-refractivity contribution < 1.29 is 9.53 Å². The van der Waals surface area contributed by atoms with Crippen LogP contribution in [-0.4, -0.2) is 38.0 Å². The first kappa shape index (κ1) is 12.1. The summed E-state index contributed by atoms with van der Waals surface area (Å²) in [7, 11) is 3.24. The molecule has 0 aliphatic carbocycles. The van der Waals surface area contributed by atoms with E-state index in [0.29, 0.717) is 11.3 Å². The zero-order chi connectivity index (χ0) is 13.3. The lowest BCUT2D eigenvalue weighted by atomic mass is 10.2. The van der Waals surface area contributed by atoms with Crippen LogP contribution in [0.15, 0.2) is 0 Å². The summed E-state index contributed by atoms with van der Waals surface area (Å²) in [6.45, 7) is 3.61. The van der Waals surface area contributed by atoms with E-state index >= 15 is 0 Å². The van der Waals surface area contributed by atoms with Crippen molar-refractivity contribution in [3.8, 4) is 6.01 Å². The molecule has 0 spiro atoms. The Kier molecular flexibility index (Phi) is 3.00. The van der Waals surface area contributed by atoms with Crippen molar-refractivity contribution >= 4 is 11.9 Å². The molecular weight excluding hydrogens is 236 g/mol. The fourth-order valence-corrected chi connectivity index (χ4v) is 1.67. The standard InChI is InChI=1S/C10H14N6O2/c1-5-7(6(2)16(3)15-5)8(17)11-9-12-10(18-4)14-13-9/h1-4H3,(H2,11,12,13,14,17). The summed E-state index contributed by atoms with van der Waals surface area (Å²) in [6.07, 6.45) is 0. The van der Waals surface area contributed by atoms with E-state index in [0.717, 1.165) is 5.69 Å². The van der Waals surface area contributed by atoms with Crippen molar-refractivity contribution in [2.45, 2.75) is 13.8 Å². The Hall–Kier alpha value is -2.38. The maximum Gasteiger partial charge on any atom is 0.336 e. The first-order chi connectivity index (χ1) is 8.52. The van der Waals surface area contributed by atoms with Crippen molar-refractivity contribution in [3.05, 3.63) is 17.0 Å². The average molecular weight is 250 g/mol. The molecule has 1 amide bonds. The van der Waals surface area contributed by atoms with Gasteiger partial charge in [-0.3, -0.25) is 14.8 Å². The largest absolute Gasteiger partial charge is 0.466 e. The zero-order valence-corrected chi connectivity index (χ0v) is 10.6. The first-order valence-corrected chi connectivity index (χ1v) is 5.31. The molecule has 18 heavy (non-hydrogen) atoms. The topological polar surface area (TPSA) is 97.7 Å². The fraction of sp³-hybridized carbons (Fsp3) is 0.400. The summed E-state index contributed by atoms with van der Waals surface area (Å²) in [4.78, 5) is 16.0. The van der Waals surface area contributed by atoms with E-state index in [1.54, 1.807) is 18.7 Å². The second-order valence-electron chi connectivity index (χ2n) is 3.79. The number of anilines is 1. The average Bonchev–Trinajstić information content (AvgIpc) is 2.85. The van der Waals surface area contributed by atoms with Crippen LogP contribution >= 0.6 is 0 Å². The molecule has 8 nitrogen and oxygen atoms in total. The van der Waals surface area contributed by atoms with Crippen LogP contribution in [0.25, 0.3) is 0 Å². The molecule has 8 heteroatoms. The van der Waals surface area contributed by atoms with Gasteiger partial charge in [-0.2, -0.15) is 10.1 Å². The van der Waals surface area contributed by atoms with Gasteiger partial charge in [-0.05, 0) is 13.8 Å². The van der Waals surface area contributed by atoms with Gasteiger partial charge in [0, 0.05) is 12.7 Å². The van der Waals surface area contributed by atoms with Crippen LogP contribution in [0.2, 0.25) is 0 Å². The Morgan fingerprint density at radius 3 is 2.67 bits per heavy atom. The van der Waals surface area contributed by atoms with Gasteiger partial charge in [-0.15, -0.1) is 5.10 Å². The molecule has 0 fully saturated rings.